The van der Waals surface area contributed by atoms with Crippen molar-refractivity contribution >= 4 is 41.5 Å². The lowest BCUT2D eigenvalue weighted by atomic mass is 10.1. The van der Waals surface area contributed by atoms with E-state index in [1.807, 2.05) is 54.6 Å². The van der Waals surface area contributed by atoms with Gasteiger partial charge in [-0.1, -0.05) is 53.7 Å². The molecule has 3 aromatic rings. The molecular weight excluding hydrogens is 397 g/mol. The van der Waals surface area contributed by atoms with Crippen LogP contribution in [0, 0.1) is 13.8 Å². The standard InChI is InChI=1S/C22H22ClNOS.ClH/c1-15-12-19(24-14-21(25)17-6-4-3-5-7-17)13-16(2)22(15)26-20-10-8-18(23)9-11-20;/h3-13,21,24-25H,14H2,1-2H3;1H. The van der Waals surface area contributed by atoms with Crippen molar-refractivity contribution < 1.29 is 5.11 Å². The van der Waals surface area contributed by atoms with Gasteiger partial charge in [-0.3, -0.25) is 0 Å². The third-order valence-electron chi connectivity index (χ3n) is 4.18. The Bertz CT molecular complexity index is 846. The molecule has 3 aromatic carbocycles. The van der Waals surface area contributed by atoms with Crippen LogP contribution in [0.25, 0.3) is 0 Å². The van der Waals surface area contributed by atoms with Gasteiger partial charge in [0.15, 0.2) is 0 Å². The van der Waals surface area contributed by atoms with Gasteiger partial charge in [0.05, 0.1) is 6.10 Å². The molecule has 142 valence electrons. The van der Waals surface area contributed by atoms with Crippen molar-refractivity contribution in [2.24, 2.45) is 0 Å². The average molecular weight is 420 g/mol. The molecule has 2 nitrogen and oxygen atoms in total. The average Bonchev–Trinajstić information content (AvgIpc) is 2.65. The summed E-state index contributed by atoms with van der Waals surface area (Å²) in [6.07, 6.45) is -0.528. The molecule has 27 heavy (non-hydrogen) atoms. The molecule has 0 saturated heterocycles. The third kappa shape index (κ3) is 5.91. The van der Waals surface area contributed by atoms with Crippen LogP contribution in [-0.4, -0.2) is 11.7 Å². The van der Waals surface area contributed by atoms with Gasteiger partial charge in [0, 0.05) is 27.0 Å². The number of anilines is 1. The fourth-order valence-electron chi connectivity index (χ4n) is 2.84. The quantitative estimate of drug-likeness (QED) is 0.467. The number of aryl methyl sites for hydroxylation is 2. The number of halogens is 2. The van der Waals surface area contributed by atoms with E-state index in [0.717, 1.165) is 16.3 Å². The van der Waals surface area contributed by atoms with Crippen LogP contribution >= 0.6 is 35.8 Å². The number of benzene rings is 3. The maximum absolute atomic E-state index is 10.3. The van der Waals surface area contributed by atoms with Crippen molar-refractivity contribution in [3.05, 3.63) is 88.4 Å². The van der Waals surface area contributed by atoms with E-state index in [0.29, 0.717) is 6.54 Å². The minimum atomic E-state index is -0.528. The fourth-order valence-corrected chi connectivity index (χ4v) is 3.92. The Morgan fingerprint density at radius 1 is 0.963 bits per heavy atom. The topological polar surface area (TPSA) is 32.3 Å². The summed E-state index contributed by atoms with van der Waals surface area (Å²) in [5.74, 6) is 0. The van der Waals surface area contributed by atoms with Crippen molar-refractivity contribution in [2.45, 2.75) is 29.7 Å². The van der Waals surface area contributed by atoms with E-state index in [2.05, 4.69) is 31.3 Å². The van der Waals surface area contributed by atoms with E-state index in [1.54, 1.807) is 11.8 Å². The molecule has 0 radical (unpaired) electrons. The highest BCUT2D eigenvalue weighted by atomic mass is 35.5. The van der Waals surface area contributed by atoms with E-state index in [1.165, 1.54) is 20.9 Å². The van der Waals surface area contributed by atoms with Gasteiger partial charge in [0.25, 0.3) is 0 Å². The molecule has 5 heteroatoms. The zero-order valence-electron chi connectivity index (χ0n) is 15.3. The van der Waals surface area contributed by atoms with E-state index in [9.17, 15) is 5.11 Å². The highest BCUT2D eigenvalue weighted by Gasteiger charge is 2.10. The molecule has 3 rings (SSSR count). The minimum Gasteiger partial charge on any atom is -0.387 e. The second-order valence-corrected chi connectivity index (χ2v) is 7.82. The molecule has 0 fully saturated rings. The molecule has 0 bridgehead atoms. The van der Waals surface area contributed by atoms with E-state index >= 15 is 0 Å². The predicted molar refractivity (Wildman–Crippen MR) is 119 cm³/mol. The van der Waals surface area contributed by atoms with E-state index in [-0.39, 0.29) is 12.4 Å². The number of hydrogen-bond donors (Lipinski definition) is 2. The van der Waals surface area contributed by atoms with Crippen molar-refractivity contribution in [1.82, 2.24) is 0 Å². The summed E-state index contributed by atoms with van der Waals surface area (Å²) in [6.45, 7) is 4.71. The summed E-state index contributed by atoms with van der Waals surface area (Å²) < 4.78 is 0. The summed E-state index contributed by atoms with van der Waals surface area (Å²) in [4.78, 5) is 2.42. The lowest BCUT2D eigenvalue weighted by molar-refractivity contribution is 0.191. The summed E-state index contributed by atoms with van der Waals surface area (Å²) in [6, 6.07) is 21.9. The SMILES string of the molecule is Cc1cc(NCC(O)c2ccccc2)cc(C)c1Sc1ccc(Cl)cc1.Cl. The molecule has 0 aromatic heterocycles. The maximum atomic E-state index is 10.3. The second kappa shape index (κ2) is 10.0. The van der Waals surface area contributed by atoms with Gasteiger partial charge in [0.1, 0.15) is 0 Å². The number of nitrogens with one attached hydrogen (secondary N) is 1. The van der Waals surface area contributed by atoms with Gasteiger partial charge >= 0.3 is 0 Å². The smallest absolute Gasteiger partial charge is 0.0962 e. The Kier molecular flexibility index (Phi) is 8.06. The van der Waals surface area contributed by atoms with Crippen molar-refractivity contribution in [2.75, 3.05) is 11.9 Å². The molecule has 1 atom stereocenters. The predicted octanol–water partition coefficient (Wildman–Crippen LogP) is 6.68. The van der Waals surface area contributed by atoms with Crippen LogP contribution in [0.5, 0.6) is 0 Å². The van der Waals surface area contributed by atoms with Crippen LogP contribution in [0.3, 0.4) is 0 Å². The lowest BCUT2D eigenvalue weighted by Gasteiger charge is -2.16. The first kappa shape index (κ1) is 21.6. The van der Waals surface area contributed by atoms with E-state index in [4.69, 9.17) is 11.6 Å². The number of hydrogen-bond acceptors (Lipinski definition) is 3. The van der Waals surface area contributed by atoms with Crippen LogP contribution in [-0.2, 0) is 0 Å². The van der Waals surface area contributed by atoms with Gasteiger partial charge in [-0.15, -0.1) is 12.4 Å². The zero-order valence-corrected chi connectivity index (χ0v) is 17.7. The fraction of sp³-hybridized carbons (Fsp3) is 0.182. The molecule has 0 aliphatic carbocycles. The van der Waals surface area contributed by atoms with Crippen LogP contribution in [0.4, 0.5) is 5.69 Å². The Morgan fingerprint density at radius 3 is 2.15 bits per heavy atom. The van der Waals surface area contributed by atoms with Crippen molar-refractivity contribution in [1.29, 1.82) is 0 Å². The van der Waals surface area contributed by atoms with Crippen LogP contribution in [0.15, 0.2) is 76.5 Å². The Labute approximate surface area is 176 Å². The first-order valence-electron chi connectivity index (χ1n) is 8.54. The molecule has 0 aliphatic rings. The largest absolute Gasteiger partial charge is 0.387 e. The van der Waals surface area contributed by atoms with E-state index < -0.39 is 6.10 Å². The molecule has 2 N–H and O–H groups in total. The Hall–Kier alpha value is -1.65. The maximum Gasteiger partial charge on any atom is 0.0962 e. The monoisotopic (exact) mass is 419 g/mol. The molecule has 1 unspecified atom stereocenters. The molecule has 0 spiro atoms. The molecule has 0 amide bonds. The van der Waals surface area contributed by atoms with Gasteiger partial charge in [-0.25, -0.2) is 0 Å². The first-order chi connectivity index (χ1) is 12.5. The zero-order chi connectivity index (χ0) is 18.5. The van der Waals surface area contributed by atoms with Gasteiger partial charge in [0.2, 0.25) is 0 Å². The molecule has 0 aliphatic heterocycles. The number of rotatable bonds is 6. The normalized spacial score (nSPS) is 11.6. The lowest BCUT2D eigenvalue weighted by Crippen LogP contribution is -2.12. The van der Waals surface area contributed by atoms with Gasteiger partial charge < -0.3 is 10.4 Å². The van der Waals surface area contributed by atoms with Gasteiger partial charge in [-0.05, 0) is 66.9 Å². The van der Waals surface area contributed by atoms with Gasteiger partial charge in [-0.2, -0.15) is 0 Å². The molecule has 0 heterocycles. The third-order valence-corrected chi connectivity index (χ3v) is 5.79. The highest BCUT2D eigenvalue weighted by molar-refractivity contribution is 7.99. The molecule has 0 saturated carbocycles. The number of aliphatic hydroxyl groups excluding tert-OH is 1. The van der Waals surface area contributed by atoms with Crippen LogP contribution < -0.4 is 5.32 Å². The Morgan fingerprint density at radius 2 is 1.56 bits per heavy atom. The summed E-state index contributed by atoms with van der Waals surface area (Å²) in [7, 11) is 0. The molecular formula is C22H23Cl2NOS. The van der Waals surface area contributed by atoms with Crippen LogP contribution in [0.1, 0.15) is 22.8 Å². The summed E-state index contributed by atoms with van der Waals surface area (Å²) in [5.41, 5.74) is 4.36. The highest BCUT2D eigenvalue weighted by Crippen LogP contribution is 2.35. The van der Waals surface area contributed by atoms with Crippen molar-refractivity contribution in [3.63, 3.8) is 0 Å². The first-order valence-corrected chi connectivity index (χ1v) is 9.74. The second-order valence-electron chi connectivity index (χ2n) is 6.30. The Balaban J connectivity index is 0.00000261. The number of aliphatic hydroxyl groups is 1. The minimum absolute atomic E-state index is 0. The van der Waals surface area contributed by atoms with Crippen LogP contribution in [0.2, 0.25) is 5.02 Å². The summed E-state index contributed by atoms with van der Waals surface area (Å²) in [5, 5.41) is 14.4. The van der Waals surface area contributed by atoms with Crippen molar-refractivity contribution in [3.8, 4) is 0 Å². The summed E-state index contributed by atoms with van der Waals surface area (Å²) >= 11 is 7.71.